The van der Waals surface area contributed by atoms with E-state index in [-0.39, 0.29) is 17.6 Å². The maximum atomic E-state index is 13.3. The van der Waals surface area contributed by atoms with Crippen molar-refractivity contribution in [3.63, 3.8) is 0 Å². The molecule has 1 aliphatic rings. The fourth-order valence-electron chi connectivity index (χ4n) is 3.27. The van der Waals surface area contributed by atoms with E-state index in [0.717, 1.165) is 11.1 Å². The van der Waals surface area contributed by atoms with E-state index in [9.17, 15) is 14.0 Å². The summed E-state index contributed by atoms with van der Waals surface area (Å²) in [7, 11) is 0. The molecule has 136 valence electrons. The number of halogens is 1. The number of H-pyrrole nitrogens is 1. The summed E-state index contributed by atoms with van der Waals surface area (Å²) in [5, 5.41) is 9.45. The number of benzene rings is 2. The quantitative estimate of drug-likeness (QED) is 0.750. The molecule has 1 atom stereocenters. The van der Waals surface area contributed by atoms with E-state index in [1.165, 1.54) is 29.2 Å². The molecule has 0 bridgehead atoms. The number of hydrogen-bond donors (Lipinski definition) is 2. The smallest absolute Gasteiger partial charge is 0.254 e. The molecular weight excluding hydrogens is 347 g/mol. The maximum Gasteiger partial charge on any atom is 0.254 e. The number of aromatic amines is 1. The Bertz CT molecular complexity index is 970. The van der Waals surface area contributed by atoms with Crippen molar-refractivity contribution >= 4 is 11.8 Å². The first kappa shape index (κ1) is 17.0. The van der Waals surface area contributed by atoms with E-state index in [4.69, 9.17) is 0 Å². The Morgan fingerprint density at radius 2 is 1.96 bits per heavy atom. The molecule has 0 unspecified atom stereocenters. The predicted octanol–water partition coefficient (Wildman–Crippen LogP) is 2.53. The molecule has 0 saturated carbocycles. The first-order valence-electron chi connectivity index (χ1n) is 8.57. The molecule has 2 N–H and O–H groups in total. The van der Waals surface area contributed by atoms with Gasteiger partial charge in [-0.05, 0) is 35.4 Å². The highest BCUT2D eigenvalue weighted by Gasteiger charge is 2.34. The van der Waals surface area contributed by atoms with Gasteiger partial charge in [-0.1, -0.05) is 24.3 Å². The molecule has 1 aromatic heterocycles. The van der Waals surface area contributed by atoms with Gasteiger partial charge < -0.3 is 10.2 Å². The monoisotopic (exact) mass is 364 g/mol. The minimum absolute atomic E-state index is 0.246. The highest BCUT2D eigenvalue weighted by molar-refractivity contribution is 5.99. The van der Waals surface area contributed by atoms with Crippen LogP contribution in [0.3, 0.4) is 0 Å². The Labute approximate surface area is 155 Å². The van der Waals surface area contributed by atoms with Crippen molar-refractivity contribution in [1.29, 1.82) is 0 Å². The van der Waals surface area contributed by atoms with Gasteiger partial charge in [-0.15, -0.1) is 0 Å². The van der Waals surface area contributed by atoms with Gasteiger partial charge in [0.2, 0.25) is 5.91 Å². The van der Waals surface area contributed by atoms with Gasteiger partial charge in [0.05, 0.1) is 6.20 Å². The number of piperazine rings is 1. The van der Waals surface area contributed by atoms with Crippen LogP contribution in [0.5, 0.6) is 0 Å². The summed E-state index contributed by atoms with van der Waals surface area (Å²) in [6.07, 6.45) is 3.43. The van der Waals surface area contributed by atoms with Crippen molar-refractivity contribution in [3.8, 4) is 11.1 Å². The third-order valence-electron chi connectivity index (χ3n) is 4.60. The van der Waals surface area contributed by atoms with Gasteiger partial charge in [0.15, 0.2) is 0 Å². The van der Waals surface area contributed by atoms with Gasteiger partial charge in [0.1, 0.15) is 11.9 Å². The number of aromatic nitrogens is 2. The van der Waals surface area contributed by atoms with Gasteiger partial charge >= 0.3 is 0 Å². The average molecular weight is 364 g/mol. The first-order chi connectivity index (χ1) is 13.1. The molecule has 27 heavy (non-hydrogen) atoms. The lowest BCUT2D eigenvalue weighted by Gasteiger charge is -2.35. The molecule has 6 nitrogen and oxygen atoms in total. The molecule has 0 radical (unpaired) electrons. The maximum absolute atomic E-state index is 13.3. The number of amides is 2. The largest absolute Gasteiger partial charge is 0.352 e. The lowest BCUT2D eigenvalue weighted by atomic mass is 10.00. The third kappa shape index (κ3) is 3.31. The summed E-state index contributed by atoms with van der Waals surface area (Å²) in [6.45, 7) is 0.756. The molecule has 1 aliphatic heterocycles. The lowest BCUT2D eigenvalue weighted by molar-refractivity contribution is -0.128. The summed E-state index contributed by atoms with van der Waals surface area (Å²) < 4.78 is 13.3. The Kier molecular flexibility index (Phi) is 4.42. The van der Waals surface area contributed by atoms with Crippen LogP contribution >= 0.6 is 0 Å². The van der Waals surface area contributed by atoms with Crippen LogP contribution in [0, 0.1) is 5.82 Å². The molecule has 3 aromatic rings. The molecule has 2 amide bonds. The number of nitrogens with zero attached hydrogens (tertiary/aromatic N) is 2. The first-order valence-corrected chi connectivity index (χ1v) is 8.57. The highest BCUT2D eigenvalue weighted by atomic mass is 19.1. The molecule has 0 aliphatic carbocycles. The molecule has 0 spiro atoms. The van der Waals surface area contributed by atoms with Crippen molar-refractivity contribution in [2.45, 2.75) is 6.04 Å². The number of carbonyl (C=O) groups excluding carboxylic acids is 2. The standard InChI is InChI=1S/C20H17FN4O2/c21-17-6-4-13(5-7-17)18-19(26)22-8-9-25(18)20(27)15-3-1-2-14(10-15)16-11-23-24-12-16/h1-7,10-12,18H,8-9H2,(H,22,26)(H,23,24)/t18-/m0/s1. The van der Waals surface area contributed by atoms with Crippen LogP contribution in [-0.4, -0.2) is 40.0 Å². The fourth-order valence-corrected chi connectivity index (χ4v) is 3.27. The number of rotatable bonds is 3. The van der Waals surface area contributed by atoms with Crippen molar-refractivity contribution in [3.05, 3.63) is 77.9 Å². The van der Waals surface area contributed by atoms with Crippen molar-refractivity contribution in [2.75, 3.05) is 13.1 Å². The number of nitrogens with one attached hydrogen (secondary N) is 2. The summed E-state index contributed by atoms with van der Waals surface area (Å²) in [6, 6.07) is 12.1. The Morgan fingerprint density at radius 3 is 2.70 bits per heavy atom. The summed E-state index contributed by atoms with van der Waals surface area (Å²) in [5.74, 6) is -0.905. The summed E-state index contributed by atoms with van der Waals surface area (Å²) >= 11 is 0. The second-order valence-electron chi connectivity index (χ2n) is 6.31. The van der Waals surface area contributed by atoms with Gasteiger partial charge in [0.25, 0.3) is 5.91 Å². The van der Waals surface area contributed by atoms with Gasteiger partial charge in [-0.3, -0.25) is 14.7 Å². The molecule has 4 rings (SSSR count). The zero-order chi connectivity index (χ0) is 18.8. The summed E-state index contributed by atoms with van der Waals surface area (Å²) in [5.41, 5.74) is 2.79. The highest BCUT2D eigenvalue weighted by Crippen LogP contribution is 2.27. The average Bonchev–Trinajstić information content (AvgIpc) is 3.23. The normalized spacial score (nSPS) is 16.9. The molecule has 7 heteroatoms. The van der Waals surface area contributed by atoms with Crippen molar-refractivity contribution in [2.24, 2.45) is 0 Å². The van der Waals surface area contributed by atoms with Crippen LogP contribution in [0.1, 0.15) is 22.0 Å². The van der Waals surface area contributed by atoms with E-state index in [1.54, 1.807) is 30.6 Å². The Balaban J connectivity index is 1.67. The van der Waals surface area contributed by atoms with Crippen LogP contribution in [0.25, 0.3) is 11.1 Å². The van der Waals surface area contributed by atoms with Crippen LogP contribution < -0.4 is 5.32 Å². The molecule has 2 heterocycles. The van der Waals surface area contributed by atoms with Gasteiger partial charge in [-0.25, -0.2) is 4.39 Å². The Morgan fingerprint density at radius 1 is 1.15 bits per heavy atom. The van der Waals surface area contributed by atoms with E-state index >= 15 is 0 Å². The second-order valence-corrected chi connectivity index (χ2v) is 6.31. The second kappa shape index (κ2) is 7.03. The van der Waals surface area contributed by atoms with Gasteiger partial charge in [0, 0.05) is 30.4 Å². The van der Waals surface area contributed by atoms with Crippen LogP contribution in [0.2, 0.25) is 0 Å². The molecular formula is C20H17FN4O2. The zero-order valence-electron chi connectivity index (χ0n) is 14.4. The number of hydrogen-bond acceptors (Lipinski definition) is 3. The van der Waals surface area contributed by atoms with Crippen molar-refractivity contribution < 1.29 is 14.0 Å². The van der Waals surface area contributed by atoms with Crippen LogP contribution in [0.4, 0.5) is 4.39 Å². The van der Waals surface area contributed by atoms with Crippen LogP contribution in [0.15, 0.2) is 60.9 Å². The van der Waals surface area contributed by atoms with E-state index in [1.807, 2.05) is 6.07 Å². The molecule has 2 aromatic carbocycles. The SMILES string of the molecule is O=C1NCCN(C(=O)c2cccc(-c3cn[nH]c3)c2)[C@H]1c1ccc(F)cc1. The van der Waals surface area contributed by atoms with E-state index in [0.29, 0.717) is 24.2 Å². The lowest BCUT2D eigenvalue weighted by Crippen LogP contribution is -2.52. The zero-order valence-corrected chi connectivity index (χ0v) is 14.4. The molecule has 1 saturated heterocycles. The number of carbonyl (C=O) groups is 2. The van der Waals surface area contributed by atoms with E-state index < -0.39 is 6.04 Å². The summed E-state index contributed by atoms with van der Waals surface area (Å²) in [4.78, 5) is 27.2. The fraction of sp³-hybridized carbons (Fsp3) is 0.150. The topological polar surface area (TPSA) is 78.1 Å². The molecule has 1 fully saturated rings. The van der Waals surface area contributed by atoms with E-state index in [2.05, 4.69) is 15.5 Å². The third-order valence-corrected chi connectivity index (χ3v) is 4.60. The minimum atomic E-state index is -0.788. The van der Waals surface area contributed by atoms with Crippen molar-refractivity contribution in [1.82, 2.24) is 20.4 Å². The predicted molar refractivity (Wildman–Crippen MR) is 97.2 cm³/mol. The minimum Gasteiger partial charge on any atom is -0.352 e. The van der Waals surface area contributed by atoms with Gasteiger partial charge in [-0.2, -0.15) is 5.10 Å². The van der Waals surface area contributed by atoms with Crippen LogP contribution in [-0.2, 0) is 4.79 Å². The Hall–Kier alpha value is -3.48.